The summed E-state index contributed by atoms with van der Waals surface area (Å²) in [5.74, 6) is 1.74. The van der Waals surface area contributed by atoms with Crippen molar-refractivity contribution >= 4 is 11.9 Å². The molecule has 2 aliphatic heterocycles. The molecule has 1 fully saturated rings. The molecule has 2 N–H and O–H groups in total. The topological polar surface area (TPSA) is 58.0 Å². The Hall–Kier alpha value is -2.08. The first-order chi connectivity index (χ1) is 10.4. The molecule has 21 heavy (non-hydrogen) atoms. The summed E-state index contributed by atoms with van der Waals surface area (Å²) in [6, 6.07) is 10.9. The maximum atomic E-state index is 4.77. The van der Waals surface area contributed by atoms with E-state index < -0.39 is 0 Å². The first-order valence-electron chi connectivity index (χ1n) is 7.63. The van der Waals surface area contributed by atoms with Crippen molar-refractivity contribution in [1.82, 2.24) is 20.1 Å². The number of anilines is 2. The molecule has 0 radical (unpaired) electrons. The summed E-state index contributed by atoms with van der Waals surface area (Å²) >= 11 is 0. The monoisotopic (exact) mass is 284 g/mol. The van der Waals surface area contributed by atoms with Crippen LogP contribution in [0.3, 0.4) is 0 Å². The SMILES string of the molecule is c1ccc(C2CCNc3nc(N4CCNCC4)nn32)cc1. The van der Waals surface area contributed by atoms with Gasteiger partial charge in [-0.2, -0.15) is 4.98 Å². The van der Waals surface area contributed by atoms with E-state index in [-0.39, 0.29) is 6.04 Å². The average molecular weight is 284 g/mol. The lowest BCUT2D eigenvalue weighted by Crippen LogP contribution is -2.44. The fraction of sp³-hybridized carbons (Fsp3) is 0.467. The van der Waals surface area contributed by atoms with Gasteiger partial charge in [-0.1, -0.05) is 30.3 Å². The normalized spacial score (nSPS) is 21.7. The summed E-state index contributed by atoms with van der Waals surface area (Å²) in [5, 5.41) is 11.5. The van der Waals surface area contributed by atoms with Gasteiger partial charge in [0.2, 0.25) is 11.9 Å². The highest BCUT2D eigenvalue weighted by molar-refractivity contribution is 5.41. The van der Waals surface area contributed by atoms with Crippen molar-refractivity contribution < 1.29 is 0 Å². The molecule has 0 aliphatic carbocycles. The third kappa shape index (κ3) is 2.35. The van der Waals surface area contributed by atoms with Crippen molar-refractivity contribution in [2.45, 2.75) is 12.5 Å². The maximum Gasteiger partial charge on any atom is 0.246 e. The number of nitrogens with zero attached hydrogens (tertiary/aromatic N) is 4. The zero-order valence-electron chi connectivity index (χ0n) is 12.0. The molecule has 6 heteroatoms. The summed E-state index contributed by atoms with van der Waals surface area (Å²) in [5.41, 5.74) is 1.30. The average Bonchev–Trinajstić information content (AvgIpc) is 3.00. The minimum Gasteiger partial charge on any atom is -0.354 e. The van der Waals surface area contributed by atoms with Crippen molar-refractivity contribution in [2.75, 3.05) is 42.9 Å². The second kappa shape index (κ2) is 5.37. The van der Waals surface area contributed by atoms with Crippen molar-refractivity contribution in [2.24, 2.45) is 0 Å². The lowest BCUT2D eigenvalue weighted by Gasteiger charge is -2.26. The standard InChI is InChI=1S/C15H20N6/c1-2-4-12(5-3-1)13-6-7-17-14-18-15(19-21(13)14)20-10-8-16-9-11-20/h1-5,13,16H,6-11H2,(H,17,18,19). The molecular weight excluding hydrogens is 264 g/mol. The van der Waals surface area contributed by atoms with Crippen LogP contribution in [0.1, 0.15) is 18.0 Å². The van der Waals surface area contributed by atoms with Gasteiger partial charge in [0.25, 0.3) is 0 Å². The third-order valence-corrected chi connectivity index (χ3v) is 4.20. The number of hydrogen-bond donors (Lipinski definition) is 2. The molecule has 110 valence electrons. The van der Waals surface area contributed by atoms with E-state index in [9.17, 15) is 0 Å². The van der Waals surface area contributed by atoms with Gasteiger partial charge in [0.15, 0.2) is 0 Å². The number of fused-ring (bicyclic) bond motifs is 1. The number of hydrogen-bond acceptors (Lipinski definition) is 5. The maximum absolute atomic E-state index is 4.77. The van der Waals surface area contributed by atoms with E-state index in [0.29, 0.717) is 0 Å². The van der Waals surface area contributed by atoms with Crippen molar-refractivity contribution in [3.63, 3.8) is 0 Å². The molecule has 6 nitrogen and oxygen atoms in total. The van der Waals surface area contributed by atoms with Crippen LogP contribution in [0.25, 0.3) is 0 Å². The summed E-state index contributed by atoms with van der Waals surface area (Å²) in [4.78, 5) is 6.94. The smallest absolute Gasteiger partial charge is 0.246 e. The van der Waals surface area contributed by atoms with Crippen LogP contribution in [0.15, 0.2) is 30.3 Å². The van der Waals surface area contributed by atoms with Crippen LogP contribution in [-0.2, 0) is 0 Å². The number of nitrogens with one attached hydrogen (secondary N) is 2. The van der Waals surface area contributed by atoms with E-state index >= 15 is 0 Å². The van der Waals surface area contributed by atoms with Crippen molar-refractivity contribution in [1.29, 1.82) is 0 Å². The highest BCUT2D eigenvalue weighted by Crippen LogP contribution is 2.29. The number of rotatable bonds is 2. The fourth-order valence-corrected chi connectivity index (χ4v) is 3.07. The van der Waals surface area contributed by atoms with Crippen molar-refractivity contribution in [3.8, 4) is 0 Å². The summed E-state index contributed by atoms with van der Waals surface area (Å²) in [6.07, 6.45) is 1.04. The first-order valence-corrected chi connectivity index (χ1v) is 7.63. The first kappa shape index (κ1) is 12.6. The Balaban J connectivity index is 1.66. The minimum absolute atomic E-state index is 0.284. The zero-order valence-corrected chi connectivity index (χ0v) is 12.0. The van der Waals surface area contributed by atoms with E-state index in [2.05, 4.69) is 55.5 Å². The molecule has 0 amide bonds. The Bertz CT molecular complexity index is 602. The van der Waals surface area contributed by atoms with Crippen LogP contribution in [0.5, 0.6) is 0 Å². The molecule has 2 aliphatic rings. The second-order valence-electron chi connectivity index (χ2n) is 5.56. The molecule has 1 aromatic carbocycles. The predicted molar refractivity (Wildman–Crippen MR) is 82.8 cm³/mol. The van der Waals surface area contributed by atoms with Crippen LogP contribution in [0.4, 0.5) is 11.9 Å². The van der Waals surface area contributed by atoms with E-state index in [1.54, 1.807) is 0 Å². The molecule has 0 bridgehead atoms. The molecule has 0 saturated carbocycles. The number of piperazine rings is 1. The third-order valence-electron chi connectivity index (χ3n) is 4.20. The summed E-state index contributed by atoms with van der Waals surface area (Å²) in [7, 11) is 0. The molecule has 2 aromatic rings. The Morgan fingerprint density at radius 1 is 1.05 bits per heavy atom. The predicted octanol–water partition coefficient (Wildman–Crippen LogP) is 1.09. The molecule has 1 saturated heterocycles. The van der Waals surface area contributed by atoms with Gasteiger partial charge >= 0.3 is 0 Å². The minimum atomic E-state index is 0.284. The fourth-order valence-electron chi connectivity index (χ4n) is 3.07. The van der Waals surface area contributed by atoms with Gasteiger partial charge in [-0.05, 0) is 12.0 Å². The highest BCUT2D eigenvalue weighted by atomic mass is 15.5. The zero-order chi connectivity index (χ0) is 14.1. The second-order valence-corrected chi connectivity index (χ2v) is 5.56. The van der Waals surface area contributed by atoms with Crippen LogP contribution < -0.4 is 15.5 Å². The van der Waals surface area contributed by atoms with E-state index in [1.165, 1.54) is 5.56 Å². The van der Waals surface area contributed by atoms with Gasteiger partial charge in [0, 0.05) is 32.7 Å². The van der Waals surface area contributed by atoms with Crippen LogP contribution >= 0.6 is 0 Å². The number of benzene rings is 1. The molecule has 4 rings (SSSR count). The molecule has 1 unspecified atom stereocenters. The van der Waals surface area contributed by atoms with Gasteiger partial charge in [-0.3, -0.25) is 0 Å². The van der Waals surface area contributed by atoms with Crippen LogP contribution in [0.2, 0.25) is 0 Å². The summed E-state index contributed by atoms with van der Waals surface area (Å²) in [6.45, 7) is 4.89. The van der Waals surface area contributed by atoms with Gasteiger partial charge in [0.05, 0.1) is 6.04 Å². The lowest BCUT2D eigenvalue weighted by molar-refractivity contribution is 0.478. The van der Waals surface area contributed by atoms with Crippen LogP contribution in [0, 0.1) is 0 Å². The Morgan fingerprint density at radius 2 is 1.86 bits per heavy atom. The van der Waals surface area contributed by atoms with E-state index in [4.69, 9.17) is 5.10 Å². The van der Waals surface area contributed by atoms with E-state index in [0.717, 1.165) is 51.0 Å². The van der Waals surface area contributed by atoms with Gasteiger partial charge in [-0.15, -0.1) is 5.10 Å². The molecular formula is C15H20N6. The van der Waals surface area contributed by atoms with Gasteiger partial charge in [-0.25, -0.2) is 4.68 Å². The summed E-state index contributed by atoms with van der Waals surface area (Å²) < 4.78 is 2.05. The Labute approximate surface area is 124 Å². The van der Waals surface area contributed by atoms with Crippen molar-refractivity contribution in [3.05, 3.63) is 35.9 Å². The number of aromatic nitrogens is 3. The Kier molecular flexibility index (Phi) is 3.23. The van der Waals surface area contributed by atoms with Gasteiger partial charge in [0.1, 0.15) is 0 Å². The van der Waals surface area contributed by atoms with Crippen LogP contribution in [-0.4, -0.2) is 47.5 Å². The lowest BCUT2D eigenvalue weighted by atomic mass is 10.0. The molecule has 0 spiro atoms. The highest BCUT2D eigenvalue weighted by Gasteiger charge is 2.26. The molecule has 1 atom stereocenters. The molecule has 3 heterocycles. The molecule has 1 aromatic heterocycles. The van der Waals surface area contributed by atoms with E-state index in [1.807, 2.05) is 0 Å². The largest absolute Gasteiger partial charge is 0.354 e. The Morgan fingerprint density at radius 3 is 2.67 bits per heavy atom. The van der Waals surface area contributed by atoms with Gasteiger partial charge < -0.3 is 15.5 Å². The quantitative estimate of drug-likeness (QED) is 0.864.